The van der Waals surface area contributed by atoms with Crippen molar-refractivity contribution in [2.75, 3.05) is 6.61 Å². The summed E-state index contributed by atoms with van der Waals surface area (Å²) in [5, 5.41) is 4.08. The molecule has 2 saturated carbocycles. The number of amides is 1. The van der Waals surface area contributed by atoms with Gasteiger partial charge in [0.1, 0.15) is 0 Å². The Labute approximate surface area is 149 Å². The molecule has 1 saturated heterocycles. The number of rotatable bonds is 2. The molecule has 0 aromatic heterocycles. The van der Waals surface area contributed by atoms with Gasteiger partial charge in [0.05, 0.1) is 6.10 Å². The zero-order chi connectivity index (χ0) is 17.1. The van der Waals surface area contributed by atoms with E-state index in [1.165, 1.54) is 18.4 Å². The molecular formula is C20H26ClNO2. The smallest absolute Gasteiger partial charge is 0.217 e. The largest absolute Gasteiger partial charge is 0.373 e. The van der Waals surface area contributed by atoms with Crippen LogP contribution in [0.5, 0.6) is 0 Å². The third kappa shape index (κ3) is 2.24. The van der Waals surface area contributed by atoms with Gasteiger partial charge in [0, 0.05) is 24.6 Å². The van der Waals surface area contributed by atoms with Gasteiger partial charge in [0.2, 0.25) is 5.91 Å². The maximum absolute atomic E-state index is 11.9. The highest BCUT2D eigenvalue weighted by molar-refractivity contribution is 6.30. The zero-order valence-corrected chi connectivity index (χ0v) is 15.4. The standard InChI is InChI=1S/C20H26ClNO2/c1-12(23)22-18-19(2,3)14-10-16-17(13-5-4-6-15(21)9-13)24-8-7-20(16,18)11-14/h4-6,9,14,16-18H,7-8,10-11H2,1-3H3,(H,22,23)/t14-,16-,17-,18-,20?/m1/s1. The average molecular weight is 348 g/mol. The van der Waals surface area contributed by atoms with Crippen molar-refractivity contribution in [1.29, 1.82) is 0 Å². The lowest BCUT2D eigenvalue weighted by Gasteiger charge is -2.53. The molecule has 1 aromatic carbocycles. The maximum atomic E-state index is 11.9. The Balaban J connectivity index is 1.72. The first kappa shape index (κ1) is 16.4. The number of hydrogen-bond donors (Lipinski definition) is 1. The first-order valence-corrected chi connectivity index (χ1v) is 9.36. The van der Waals surface area contributed by atoms with Gasteiger partial charge >= 0.3 is 0 Å². The van der Waals surface area contributed by atoms with Crippen molar-refractivity contribution in [3.8, 4) is 0 Å². The van der Waals surface area contributed by atoms with Crippen LogP contribution in [0.15, 0.2) is 24.3 Å². The predicted octanol–water partition coefficient (Wildman–Crippen LogP) is 4.36. The van der Waals surface area contributed by atoms with Gasteiger partial charge < -0.3 is 10.1 Å². The molecule has 5 atom stereocenters. The highest BCUT2D eigenvalue weighted by Gasteiger charge is 2.68. The van der Waals surface area contributed by atoms with Crippen LogP contribution in [0.1, 0.15) is 51.7 Å². The summed E-state index contributed by atoms with van der Waals surface area (Å²) in [7, 11) is 0. The molecule has 2 aliphatic carbocycles. The van der Waals surface area contributed by atoms with Gasteiger partial charge in [-0.1, -0.05) is 37.6 Å². The summed E-state index contributed by atoms with van der Waals surface area (Å²) in [6.45, 7) is 7.05. The fourth-order valence-corrected chi connectivity index (χ4v) is 6.20. The van der Waals surface area contributed by atoms with E-state index in [1.54, 1.807) is 6.92 Å². The zero-order valence-electron chi connectivity index (χ0n) is 14.6. The molecule has 130 valence electrons. The van der Waals surface area contributed by atoms with E-state index in [2.05, 4.69) is 25.2 Å². The number of halogens is 1. The topological polar surface area (TPSA) is 38.3 Å². The highest BCUT2D eigenvalue weighted by Crippen LogP contribution is 2.70. The van der Waals surface area contributed by atoms with E-state index in [-0.39, 0.29) is 28.9 Å². The molecule has 1 heterocycles. The van der Waals surface area contributed by atoms with Crippen LogP contribution in [0.4, 0.5) is 0 Å². The molecule has 1 amide bonds. The van der Waals surface area contributed by atoms with Gasteiger partial charge in [-0.2, -0.15) is 0 Å². The van der Waals surface area contributed by atoms with Crippen LogP contribution < -0.4 is 5.32 Å². The summed E-state index contributed by atoms with van der Waals surface area (Å²) >= 11 is 6.21. The van der Waals surface area contributed by atoms with Crippen LogP contribution in [0.2, 0.25) is 5.02 Å². The SMILES string of the molecule is CC(=O)N[C@@H]1C(C)(C)[C@@H]2C[C@@H]3[C@@H](c4cccc(Cl)c4)OCCC31C2. The summed E-state index contributed by atoms with van der Waals surface area (Å²) in [6, 6.07) is 8.31. The van der Waals surface area contributed by atoms with Gasteiger partial charge in [0.25, 0.3) is 0 Å². The second kappa shape index (κ2) is 5.47. The van der Waals surface area contributed by atoms with Crippen molar-refractivity contribution in [3.63, 3.8) is 0 Å². The van der Waals surface area contributed by atoms with Gasteiger partial charge in [-0.05, 0) is 59.6 Å². The molecular weight excluding hydrogens is 322 g/mol. The maximum Gasteiger partial charge on any atom is 0.217 e. The minimum atomic E-state index is 0.0829. The number of hydrogen-bond acceptors (Lipinski definition) is 2. The van der Waals surface area contributed by atoms with E-state index in [0.29, 0.717) is 11.8 Å². The van der Waals surface area contributed by atoms with Crippen molar-refractivity contribution >= 4 is 17.5 Å². The third-order valence-corrected chi connectivity index (χ3v) is 7.26. The van der Waals surface area contributed by atoms with Crippen molar-refractivity contribution < 1.29 is 9.53 Å². The molecule has 4 rings (SSSR count). The Morgan fingerprint density at radius 2 is 2.17 bits per heavy atom. The van der Waals surface area contributed by atoms with E-state index in [0.717, 1.165) is 18.1 Å². The first-order chi connectivity index (χ1) is 11.3. The summed E-state index contributed by atoms with van der Waals surface area (Å²) in [4.78, 5) is 11.9. The minimum Gasteiger partial charge on any atom is -0.373 e. The van der Waals surface area contributed by atoms with Crippen molar-refractivity contribution in [2.45, 2.75) is 52.2 Å². The molecule has 3 aliphatic rings. The van der Waals surface area contributed by atoms with Crippen LogP contribution >= 0.6 is 11.6 Å². The van der Waals surface area contributed by atoms with E-state index in [1.807, 2.05) is 18.2 Å². The fourth-order valence-electron chi connectivity index (χ4n) is 6.00. The molecule has 2 bridgehead atoms. The molecule has 3 nitrogen and oxygen atoms in total. The van der Waals surface area contributed by atoms with E-state index in [4.69, 9.17) is 16.3 Å². The summed E-state index contributed by atoms with van der Waals surface area (Å²) in [6.07, 6.45) is 3.52. The molecule has 0 radical (unpaired) electrons. The van der Waals surface area contributed by atoms with E-state index in [9.17, 15) is 4.79 Å². The monoisotopic (exact) mass is 347 g/mol. The number of nitrogens with one attached hydrogen (secondary N) is 1. The predicted molar refractivity (Wildman–Crippen MR) is 94.8 cm³/mol. The molecule has 4 heteroatoms. The number of carbonyl (C=O) groups is 1. The molecule has 3 fully saturated rings. The van der Waals surface area contributed by atoms with Crippen LogP contribution in [-0.4, -0.2) is 18.6 Å². The molecule has 1 spiro atoms. The Morgan fingerprint density at radius 1 is 1.38 bits per heavy atom. The lowest BCUT2D eigenvalue weighted by Crippen LogP contribution is -2.58. The Hall–Kier alpha value is -1.06. The first-order valence-electron chi connectivity index (χ1n) is 8.99. The Kier molecular flexibility index (Phi) is 3.74. The molecule has 1 aliphatic heterocycles. The molecule has 1 unspecified atom stereocenters. The summed E-state index contributed by atoms with van der Waals surface area (Å²) < 4.78 is 6.23. The average Bonchev–Trinajstić information content (AvgIpc) is 3.00. The number of carbonyl (C=O) groups excluding carboxylic acids is 1. The van der Waals surface area contributed by atoms with E-state index >= 15 is 0 Å². The van der Waals surface area contributed by atoms with Gasteiger partial charge in [-0.15, -0.1) is 0 Å². The molecule has 1 aromatic rings. The minimum absolute atomic E-state index is 0.0829. The van der Waals surface area contributed by atoms with Crippen molar-refractivity contribution in [1.82, 2.24) is 5.32 Å². The third-order valence-electron chi connectivity index (χ3n) is 7.03. The van der Waals surface area contributed by atoms with Crippen LogP contribution in [0, 0.1) is 22.7 Å². The van der Waals surface area contributed by atoms with Crippen LogP contribution in [0.25, 0.3) is 0 Å². The quantitative estimate of drug-likeness (QED) is 0.863. The highest BCUT2D eigenvalue weighted by atomic mass is 35.5. The number of benzene rings is 1. The van der Waals surface area contributed by atoms with Gasteiger partial charge in [0.15, 0.2) is 0 Å². The number of fused-ring (bicyclic) bond motifs is 1. The normalized spacial score (nSPS) is 39.5. The van der Waals surface area contributed by atoms with Crippen LogP contribution in [-0.2, 0) is 9.53 Å². The van der Waals surface area contributed by atoms with Crippen molar-refractivity contribution in [3.05, 3.63) is 34.9 Å². The summed E-state index contributed by atoms with van der Waals surface area (Å²) in [5.41, 5.74) is 1.49. The van der Waals surface area contributed by atoms with E-state index < -0.39 is 0 Å². The van der Waals surface area contributed by atoms with Gasteiger partial charge in [-0.3, -0.25) is 4.79 Å². The summed E-state index contributed by atoms with van der Waals surface area (Å²) in [5.74, 6) is 1.18. The molecule has 1 N–H and O–H groups in total. The van der Waals surface area contributed by atoms with Gasteiger partial charge in [-0.25, -0.2) is 0 Å². The number of ether oxygens (including phenoxy) is 1. The molecule has 24 heavy (non-hydrogen) atoms. The second-order valence-electron chi connectivity index (χ2n) is 8.53. The van der Waals surface area contributed by atoms with Crippen LogP contribution in [0.3, 0.4) is 0 Å². The Bertz CT molecular complexity index is 673. The lowest BCUT2D eigenvalue weighted by atomic mass is 9.59. The Morgan fingerprint density at radius 3 is 2.88 bits per heavy atom. The lowest BCUT2D eigenvalue weighted by molar-refractivity contribution is -0.135. The fraction of sp³-hybridized carbons (Fsp3) is 0.650. The second-order valence-corrected chi connectivity index (χ2v) is 8.96. The van der Waals surface area contributed by atoms with Crippen molar-refractivity contribution in [2.24, 2.45) is 22.7 Å².